The lowest BCUT2D eigenvalue weighted by Crippen LogP contribution is -2.15. The van der Waals surface area contributed by atoms with Crippen LogP contribution >= 0.6 is 0 Å². The Morgan fingerprint density at radius 2 is 1.11 bits per heavy atom. The highest BCUT2D eigenvalue weighted by molar-refractivity contribution is 6.09. The first kappa shape index (κ1) is 26.6. The largest absolute Gasteiger partial charge is 0.456 e. The van der Waals surface area contributed by atoms with Crippen molar-refractivity contribution >= 4 is 21.9 Å². The second kappa shape index (κ2) is 10.1. The number of hydrogen-bond donors (Lipinski definition) is 0. The molecule has 0 unspecified atom stereocenters. The molecule has 9 rings (SSSR count). The molecule has 3 heteroatoms. The number of benzene rings is 6. The molecule has 46 heavy (non-hydrogen) atoms. The van der Waals surface area contributed by atoms with Gasteiger partial charge in [0, 0.05) is 38.4 Å². The van der Waals surface area contributed by atoms with E-state index in [0.29, 0.717) is 5.82 Å². The zero-order valence-corrected chi connectivity index (χ0v) is 25.7. The van der Waals surface area contributed by atoms with Crippen LogP contribution in [0.1, 0.15) is 25.0 Å². The monoisotopic (exact) mass is 590 g/mol. The van der Waals surface area contributed by atoms with Crippen LogP contribution in [0.4, 0.5) is 0 Å². The molecule has 0 fully saturated rings. The van der Waals surface area contributed by atoms with Crippen molar-refractivity contribution in [3.05, 3.63) is 157 Å². The third kappa shape index (κ3) is 4.13. The van der Waals surface area contributed by atoms with Crippen molar-refractivity contribution in [1.82, 2.24) is 9.97 Å². The Labute approximate surface area is 267 Å². The first-order valence-electron chi connectivity index (χ1n) is 15.7. The van der Waals surface area contributed by atoms with E-state index in [1.807, 2.05) is 42.5 Å². The van der Waals surface area contributed by atoms with Crippen molar-refractivity contribution < 1.29 is 4.42 Å². The molecule has 0 radical (unpaired) electrons. The summed E-state index contributed by atoms with van der Waals surface area (Å²) in [4.78, 5) is 10.1. The van der Waals surface area contributed by atoms with Crippen molar-refractivity contribution in [3.63, 3.8) is 0 Å². The third-order valence-electron chi connectivity index (χ3n) is 9.47. The van der Waals surface area contributed by atoms with Gasteiger partial charge >= 0.3 is 0 Å². The minimum absolute atomic E-state index is 0.183. The fourth-order valence-corrected chi connectivity index (χ4v) is 7.19. The number of para-hydroxylation sites is 1. The molecule has 0 saturated heterocycles. The normalized spacial score (nSPS) is 13.2. The highest BCUT2D eigenvalue weighted by Gasteiger charge is 2.38. The fraction of sp³-hybridized carbons (Fsp3) is 0.0698. The molecule has 0 amide bonds. The van der Waals surface area contributed by atoms with Crippen LogP contribution in [0.3, 0.4) is 0 Å². The van der Waals surface area contributed by atoms with E-state index in [1.54, 1.807) is 0 Å². The Morgan fingerprint density at radius 3 is 1.85 bits per heavy atom. The molecule has 3 nitrogen and oxygen atoms in total. The second-order valence-corrected chi connectivity index (χ2v) is 12.6. The average molecular weight is 591 g/mol. The summed E-state index contributed by atoms with van der Waals surface area (Å²) in [6, 6.07) is 51.0. The van der Waals surface area contributed by atoms with E-state index in [9.17, 15) is 0 Å². The first-order chi connectivity index (χ1) is 22.5. The molecular weight excluding hydrogens is 560 g/mol. The van der Waals surface area contributed by atoms with Crippen molar-refractivity contribution in [2.24, 2.45) is 0 Å². The number of furan rings is 1. The number of fused-ring (bicyclic) bond motifs is 7. The minimum Gasteiger partial charge on any atom is -0.456 e. The van der Waals surface area contributed by atoms with Crippen LogP contribution in [-0.4, -0.2) is 9.97 Å². The third-order valence-corrected chi connectivity index (χ3v) is 9.47. The zero-order valence-electron chi connectivity index (χ0n) is 25.7. The van der Waals surface area contributed by atoms with Gasteiger partial charge in [-0.25, -0.2) is 9.97 Å². The quantitative estimate of drug-likeness (QED) is 0.205. The highest BCUT2D eigenvalue weighted by Crippen LogP contribution is 2.53. The lowest BCUT2D eigenvalue weighted by molar-refractivity contribution is 0.620. The SMILES string of the molecule is CC1(C)c2ccc(-c3cccc(-c4nc(-c5ccccc5)cc(-c5ccccc5)n4)c3)cc2-c2ccc3c(oc4ccccc43)c21. The van der Waals surface area contributed by atoms with Crippen LogP contribution in [0, 0.1) is 0 Å². The second-order valence-electron chi connectivity index (χ2n) is 12.6. The van der Waals surface area contributed by atoms with Gasteiger partial charge in [-0.1, -0.05) is 129 Å². The maximum Gasteiger partial charge on any atom is 0.160 e. The zero-order chi connectivity index (χ0) is 30.8. The average Bonchev–Trinajstić information content (AvgIpc) is 3.60. The van der Waals surface area contributed by atoms with Gasteiger partial charge in [-0.15, -0.1) is 0 Å². The summed E-state index contributed by atoms with van der Waals surface area (Å²) in [6.45, 7) is 4.62. The van der Waals surface area contributed by atoms with Gasteiger partial charge in [0.1, 0.15) is 11.2 Å². The molecule has 0 N–H and O–H groups in total. The fourth-order valence-electron chi connectivity index (χ4n) is 7.19. The summed E-state index contributed by atoms with van der Waals surface area (Å²) < 4.78 is 6.51. The summed E-state index contributed by atoms with van der Waals surface area (Å²) in [5.74, 6) is 0.710. The molecule has 0 saturated carbocycles. The number of rotatable bonds is 4. The summed E-state index contributed by atoms with van der Waals surface area (Å²) in [6.07, 6.45) is 0. The minimum atomic E-state index is -0.183. The molecule has 1 aliphatic carbocycles. The van der Waals surface area contributed by atoms with Gasteiger partial charge in [0.25, 0.3) is 0 Å². The molecule has 6 aromatic carbocycles. The van der Waals surface area contributed by atoms with Gasteiger partial charge in [0.15, 0.2) is 5.82 Å². The molecule has 1 aliphatic rings. The van der Waals surface area contributed by atoms with Gasteiger partial charge in [-0.2, -0.15) is 0 Å². The molecule has 218 valence electrons. The number of aromatic nitrogens is 2. The van der Waals surface area contributed by atoms with Crippen molar-refractivity contribution in [2.45, 2.75) is 19.3 Å². The predicted octanol–water partition coefficient (Wildman–Crippen LogP) is 11.4. The van der Waals surface area contributed by atoms with Gasteiger partial charge in [0.05, 0.1) is 11.4 Å². The summed E-state index contributed by atoms with van der Waals surface area (Å²) >= 11 is 0. The number of hydrogen-bond acceptors (Lipinski definition) is 3. The maximum atomic E-state index is 6.51. The summed E-state index contributed by atoms with van der Waals surface area (Å²) in [5.41, 5.74) is 14.1. The Bertz CT molecular complexity index is 2380. The lowest BCUT2D eigenvalue weighted by Gasteiger charge is -2.21. The van der Waals surface area contributed by atoms with E-state index in [1.165, 1.54) is 33.0 Å². The van der Waals surface area contributed by atoms with E-state index in [-0.39, 0.29) is 5.41 Å². The Morgan fingerprint density at radius 1 is 0.478 bits per heavy atom. The molecule has 8 aromatic rings. The molecular formula is C43H30N2O. The maximum absolute atomic E-state index is 6.51. The van der Waals surface area contributed by atoms with Crippen LogP contribution < -0.4 is 0 Å². The van der Waals surface area contributed by atoms with Crippen LogP contribution in [0.2, 0.25) is 0 Å². The van der Waals surface area contributed by atoms with E-state index >= 15 is 0 Å². The van der Waals surface area contributed by atoms with Gasteiger partial charge < -0.3 is 4.42 Å². The standard InChI is InChI=1S/C43H30N2O/c1-43(2)36-23-20-30(25-35(36)33-21-22-34-32-18-9-10-19-39(32)46-41(34)40(33)43)29-16-11-17-31(24-29)42-44-37(27-12-5-3-6-13-27)26-38(45-42)28-14-7-4-8-15-28/h3-26H,1-2H3. The van der Waals surface area contributed by atoms with Gasteiger partial charge in [-0.3, -0.25) is 0 Å². The van der Waals surface area contributed by atoms with Crippen LogP contribution in [0.25, 0.3) is 78.1 Å². The topological polar surface area (TPSA) is 38.9 Å². The van der Waals surface area contributed by atoms with Crippen LogP contribution in [0.5, 0.6) is 0 Å². The Kier molecular flexibility index (Phi) is 5.85. The summed E-state index contributed by atoms with van der Waals surface area (Å²) in [7, 11) is 0. The molecule has 2 heterocycles. The smallest absolute Gasteiger partial charge is 0.160 e. The molecule has 2 aromatic heterocycles. The molecule has 0 aliphatic heterocycles. The van der Waals surface area contributed by atoms with E-state index < -0.39 is 0 Å². The van der Waals surface area contributed by atoms with E-state index in [0.717, 1.165) is 50.4 Å². The van der Waals surface area contributed by atoms with E-state index in [4.69, 9.17) is 14.4 Å². The Balaban J connectivity index is 1.17. The van der Waals surface area contributed by atoms with Gasteiger partial charge in [0.2, 0.25) is 0 Å². The van der Waals surface area contributed by atoms with Gasteiger partial charge in [-0.05, 0) is 58.1 Å². The first-order valence-corrected chi connectivity index (χ1v) is 15.7. The van der Waals surface area contributed by atoms with Crippen molar-refractivity contribution in [2.75, 3.05) is 0 Å². The number of nitrogens with zero attached hydrogens (tertiary/aromatic N) is 2. The molecule has 0 spiro atoms. The molecule has 0 bridgehead atoms. The predicted molar refractivity (Wildman–Crippen MR) is 189 cm³/mol. The highest BCUT2D eigenvalue weighted by atomic mass is 16.3. The van der Waals surface area contributed by atoms with E-state index in [2.05, 4.69) is 117 Å². The van der Waals surface area contributed by atoms with Crippen molar-refractivity contribution in [1.29, 1.82) is 0 Å². The van der Waals surface area contributed by atoms with Crippen molar-refractivity contribution in [3.8, 4) is 56.2 Å². The molecule has 0 atom stereocenters. The lowest BCUT2D eigenvalue weighted by atomic mass is 9.81. The van der Waals surface area contributed by atoms with Crippen LogP contribution in [-0.2, 0) is 5.41 Å². The van der Waals surface area contributed by atoms with Crippen LogP contribution in [0.15, 0.2) is 150 Å². The Hall–Kier alpha value is -5.80. The summed E-state index contributed by atoms with van der Waals surface area (Å²) in [5, 5.41) is 2.34.